The first kappa shape index (κ1) is 21.6. The van der Waals surface area contributed by atoms with Gasteiger partial charge in [-0.2, -0.15) is 4.31 Å². The number of hydrogen-bond acceptors (Lipinski definition) is 5. The lowest BCUT2D eigenvalue weighted by Gasteiger charge is -2.34. The van der Waals surface area contributed by atoms with Crippen molar-refractivity contribution in [1.82, 2.24) is 14.5 Å². The van der Waals surface area contributed by atoms with E-state index in [1.165, 1.54) is 10.8 Å². The number of piperazine rings is 1. The van der Waals surface area contributed by atoms with Crippen LogP contribution in [-0.2, 0) is 16.4 Å². The first-order chi connectivity index (χ1) is 16.1. The van der Waals surface area contributed by atoms with Crippen LogP contribution in [0.5, 0.6) is 0 Å². The van der Waals surface area contributed by atoms with E-state index in [1.54, 1.807) is 4.31 Å². The second kappa shape index (κ2) is 9.29. The summed E-state index contributed by atoms with van der Waals surface area (Å²) in [5, 5.41) is 11.2. The molecule has 168 valence electrons. The topological polar surface area (TPSA) is 66.4 Å². The molecule has 1 aliphatic heterocycles. The van der Waals surface area contributed by atoms with Gasteiger partial charge in [0.15, 0.2) is 5.82 Å². The molecule has 33 heavy (non-hydrogen) atoms. The Bertz CT molecular complexity index is 1330. The monoisotopic (exact) mass is 458 g/mol. The molecule has 5 rings (SSSR count). The minimum atomic E-state index is -3.28. The molecule has 2 heterocycles. The van der Waals surface area contributed by atoms with Crippen LogP contribution in [0.15, 0.2) is 84.9 Å². The van der Waals surface area contributed by atoms with E-state index in [9.17, 15) is 8.42 Å². The molecule has 4 aromatic rings. The highest BCUT2D eigenvalue weighted by Crippen LogP contribution is 2.24. The van der Waals surface area contributed by atoms with Crippen molar-refractivity contribution in [2.75, 3.05) is 36.8 Å². The Morgan fingerprint density at radius 2 is 1.45 bits per heavy atom. The number of anilines is 1. The quantitative estimate of drug-likeness (QED) is 0.437. The number of fused-ring (bicyclic) bond motifs is 1. The Hall–Kier alpha value is -3.29. The Kier molecular flexibility index (Phi) is 6.07. The van der Waals surface area contributed by atoms with Crippen molar-refractivity contribution in [2.24, 2.45) is 0 Å². The lowest BCUT2D eigenvalue weighted by atomic mass is 10.1. The highest BCUT2D eigenvalue weighted by molar-refractivity contribution is 7.89. The molecule has 0 amide bonds. The van der Waals surface area contributed by atoms with E-state index in [4.69, 9.17) is 0 Å². The maximum absolute atomic E-state index is 12.8. The molecule has 6 nitrogen and oxygen atoms in total. The van der Waals surface area contributed by atoms with Crippen LogP contribution in [0.2, 0.25) is 0 Å². The molecule has 0 atom stereocenters. The first-order valence-corrected chi connectivity index (χ1v) is 12.8. The maximum atomic E-state index is 12.8. The minimum absolute atomic E-state index is 0.136. The van der Waals surface area contributed by atoms with Gasteiger partial charge in [-0.15, -0.1) is 10.2 Å². The Morgan fingerprint density at radius 1 is 0.727 bits per heavy atom. The van der Waals surface area contributed by atoms with E-state index < -0.39 is 10.0 Å². The van der Waals surface area contributed by atoms with Crippen LogP contribution in [0.1, 0.15) is 5.56 Å². The molecule has 1 saturated heterocycles. The van der Waals surface area contributed by atoms with Gasteiger partial charge in [-0.3, -0.25) is 0 Å². The first-order valence-electron chi connectivity index (χ1n) is 11.2. The van der Waals surface area contributed by atoms with Crippen molar-refractivity contribution in [2.45, 2.75) is 6.42 Å². The van der Waals surface area contributed by atoms with Crippen LogP contribution in [-0.4, -0.2) is 54.9 Å². The molecule has 0 N–H and O–H groups in total. The summed E-state index contributed by atoms with van der Waals surface area (Å²) in [5.74, 6) is 0.915. The molecule has 1 fully saturated rings. The van der Waals surface area contributed by atoms with E-state index >= 15 is 0 Å². The van der Waals surface area contributed by atoms with Gasteiger partial charge >= 0.3 is 0 Å². The summed E-state index contributed by atoms with van der Waals surface area (Å²) in [4.78, 5) is 2.10. The minimum Gasteiger partial charge on any atom is -0.352 e. The van der Waals surface area contributed by atoms with Crippen molar-refractivity contribution in [1.29, 1.82) is 0 Å². The van der Waals surface area contributed by atoms with Gasteiger partial charge in [-0.25, -0.2) is 8.42 Å². The predicted octanol–water partition coefficient (Wildman–Crippen LogP) is 3.99. The van der Waals surface area contributed by atoms with Gasteiger partial charge in [0.2, 0.25) is 10.0 Å². The average molecular weight is 459 g/mol. The second-order valence-corrected chi connectivity index (χ2v) is 10.4. The van der Waals surface area contributed by atoms with Gasteiger partial charge in [0.1, 0.15) is 0 Å². The van der Waals surface area contributed by atoms with Crippen LogP contribution in [0.25, 0.3) is 22.0 Å². The molecule has 0 spiro atoms. The predicted molar refractivity (Wildman–Crippen MR) is 133 cm³/mol. The molecular formula is C26H26N4O2S. The summed E-state index contributed by atoms with van der Waals surface area (Å²) in [5.41, 5.74) is 2.90. The summed E-state index contributed by atoms with van der Waals surface area (Å²) in [6.07, 6.45) is 0.533. The fourth-order valence-electron chi connectivity index (χ4n) is 4.21. The molecule has 0 unspecified atom stereocenters. The van der Waals surface area contributed by atoms with Crippen molar-refractivity contribution in [3.63, 3.8) is 0 Å². The molecule has 0 bridgehead atoms. The van der Waals surface area contributed by atoms with Crippen LogP contribution in [0, 0.1) is 0 Å². The highest BCUT2D eigenvalue weighted by atomic mass is 32.2. The van der Waals surface area contributed by atoms with Crippen molar-refractivity contribution >= 4 is 26.6 Å². The molecule has 7 heteroatoms. The summed E-state index contributed by atoms with van der Waals surface area (Å²) < 4.78 is 27.2. The highest BCUT2D eigenvalue weighted by Gasteiger charge is 2.27. The van der Waals surface area contributed by atoms with Gasteiger partial charge in [-0.1, -0.05) is 66.7 Å². The molecule has 1 aromatic heterocycles. The molecular weight excluding hydrogens is 432 g/mol. The largest absolute Gasteiger partial charge is 0.352 e. The third-order valence-electron chi connectivity index (χ3n) is 6.14. The number of hydrogen-bond donors (Lipinski definition) is 0. The van der Waals surface area contributed by atoms with E-state index in [-0.39, 0.29) is 5.75 Å². The molecule has 0 aliphatic carbocycles. The number of aryl methyl sites for hydroxylation is 1. The van der Waals surface area contributed by atoms with Crippen LogP contribution in [0.3, 0.4) is 0 Å². The van der Waals surface area contributed by atoms with Crippen molar-refractivity contribution in [3.05, 3.63) is 90.5 Å². The molecule has 0 radical (unpaired) electrons. The molecule has 1 aliphatic rings. The number of benzene rings is 3. The van der Waals surface area contributed by atoms with Gasteiger partial charge in [0, 0.05) is 31.7 Å². The SMILES string of the molecule is O=S(=O)(CCc1ccccc1)N1CCN(c2ccc(-c3ccc4ccccc4c3)nn2)CC1. The Labute approximate surface area is 194 Å². The van der Waals surface area contributed by atoms with E-state index in [0.717, 1.165) is 22.6 Å². The normalized spacial score (nSPS) is 15.1. The maximum Gasteiger partial charge on any atom is 0.214 e. The smallest absolute Gasteiger partial charge is 0.214 e. The van der Waals surface area contributed by atoms with Gasteiger partial charge < -0.3 is 4.90 Å². The number of aromatic nitrogens is 2. The average Bonchev–Trinajstić information content (AvgIpc) is 2.88. The lowest BCUT2D eigenvalue weighted by molar-refractivity contribution is 0.383. The zero-order valence-electron chi connectivity index (χ0n) is 18.3. The van der Waals surface area contributed by atoms with Gasteiger partial charge in [0.05, 0.1) is 11.4 Å². The van der Waals surface area contributed by atoms with Crippen LogP contribution < -0.4 is 4.90 Å². The zero-order valence-corrected chi connectivity index (χ0v) is 19.2. The third-order valence-corrected chi connectivity index (χ3v) is 8.02. The van der Waals surface area contributed by atoms with E-state index in [1.807, 2.05) is 54.6 Å². The fourth-order valence-corrected chi connectivity index (χ4v) is 5.68. The third kappa shape index (κ3) is 4.89. The van der Waals surface area contributed by atoms with E-state index in [2.05, 4.69) is 45.4 Å². The Morgan fingerprint density at radius 3 is 2.18 bits per heavy atom. The van der Waals surface area contributed by atoms with Gasteiger partial charge in [0.25, 0.3) is 0 Å². The molecule has 0 saturated carbocycles. The number of nitrogens with zero attached hydrogens (tertiary/aromatic N) is 4. The van der Waals surface area contributed by atoms with Crippen LogP contribution >= 0.6 is 0 Å². The summed E-state index contributed by atoms with van der Waals surface area (Å²) >= 11 is 0. The fraction of sp³-hybridized carbons (Fsp3) is 0.231. The summed E-state index contributed by atoms with van der Waals surface area (Å²) in [7, 11) is -3.28. The number of rotatable bonds is 6. The molecule has 3 aromatic carbocycles. The summed E-state index contributed by atoms with van der Waals surface area (Å²) in [6, 6.07) is 28.2. The zero-order chi connectivity index (χ0) is 22.7. The Balaban J connectivity index is 1.21. The van der Waals surface area contributed by atoms with Crippen LogP contribution in [0.4, 0.5) is 5.82 Å². The standard InChI is InChI=1S/C26H26N4O2S/c31-33(32,19-14-21-6-2-1-3-7-21)30-17-15-29(16-18-30)26-13-12-25(27-28-26)24-11-10-22-8-4-5-9-23(22)20-24/h1-13,20H,14-19H2. The van der Waals surface area contributed by atoms with Crippen molar-refractivity contribution < 1.29 is 8.42 Å². The number of sulfonamides is 1. The lowest BCUT2D eigenvalue weighted by Crippen LogP contribution is -2.49. The van der Waals surface area contributed by atoms with Gasteiger partial charge in [-0.05, 0) is 41.0 Å². The second-order valence-electron chi connectivity index (χ2n) is 8.28. The van der Waals surface area contributed by atoms with E-state index in [0.29, 0.717) is 32.6 Å². The summed E-state index contributed by atoms with van der Waals surface area (Å²) in [6.45, 7) is 2.14. The van der Waals surface area contributed by atoms with Crippen molar-refractivity contribution in [3.8, 4) is 11.3 Å².